The number of allylic oxidation sites excluding steroid dienone is 1. The van der Waals surface area contributed by atoms with E-state index in [-0.39, 0.29) is 0 Å². The normalized spacial score (nSPS) is 9.36. The molecule has 0 saturated heterocycles. The maximum Gasteiger partial charge on any atom is 0.0625 e. The van der Waals surface area contributed by atoms with Gasteiger partial charge < -0.3 is 11.5 Å². The highest BCUT2D eigenvalue weighted by molar-refractivity contribution is 5.73. The highest BCUT2D eigenvalue weighted by Gasteiger charge is 2.01. The fraction of sp³-hybridized carbons (Fsp3) is 0.182. The number of nitrogen functional groups attached to an aromatic ring is 2. The number of hydrogen-bond acceptors (Lipinski definition) is 3. The predicted octanol–water partition coefficient (Wildman–Crippen LogP) is 2.17. The first kappa shape index (κ1) is 10.1. The first-order valence-electron chi connectivity index (χ1n) is 4.35. The predicted molar refractivity (Wildman–Crippen MR) is 59.1 cm³/mol. The summed E-state index contributed by atoms with van der Waals surface area (Å²) in [6, 6.07) is 7.48. The van der Waals surface area contributed by atoms with E-state index in [0.29, 0.717) is 24.2 Å². The summed E-state index contributed by atoms with van der Waals surface area (Å²) in [4.78, 5) is 0. The summed E-state index contributed by atoms with van der Waals surface area (Å²) in [5.74, 6) is 0. The molecule has 0 atom stereocenters. The van der Waals surface area contributed by atoms with Crippen LogP contribution in [0.25, 0.3) is 5.57 Å². The van der Waals surface area contributed by atoms with Crippen LogP contribution in [0, 0.1) is 11.3 Å². The maximum atomic E-state index is 8.42. The summed E-state index contributed by atoms with van der Waals surface area (Å²) in [6.45, 7) is 3.89. The Morgan fingerprint density at radius 1 is 1.36 bits per heavy atom. The van der Waals surface area contributed by atoms with E-state index < -0.39 is 0 Å². The van der Waals surface area contributed by atoms with Crippen LogP contribution in [0.2, 0.25) is 0 Å². The van der Waals surface area contributed by atoms with Gasteiger partial charge in [-0.05, 0) is 29.7 Å². The van der Waals surface area contributed by atoms with Crippen LogP contribution in [0.1, 0.15) is 18.4 Å². The topological polar surface area (TPSA) is 75.8 Å². The molecule has 0 amide bonds. The lowest BCUT2D eigenvalue weighted by molar-refractivity contribution is 1.08. The average Bonchev–Trinajstić information content (AvgIpc) is 2.18. The number of anilines is 2. The maximum absolute atomic E-state index is 8.42. The van der Waals surface area contributed by atoms with Crippen molar-refractivity contribution in [3.63, 3.8) is 0 Å². The molecule has 0 aliphatic carbocycles. The summed E-state index contributed by atoms with van der Waals surface area (Å²) in [5, 5.41) is 8.42. The van der Waals surface area contributed by atoms with Crippen LogP contribution in [0.3, 0.4) is 0 Å². The molecule has 3 nitrogen and oxygen atoms in total. The molecule has 0 aliphatic rings. The molecule has 72 valence electrons. The Hall–Kier alpha value is -1.95. The average molecular weight is 187 g/mol. The van der Waals surface area contributed by atoms with Crippen molar-refractivity contribution in [1.82, 2.24) is 0 Å². The molecular weight excluding hydrogens is 174 g/mol. The molecule has 0 saturated carbocycles. The third-order valence-corrected chi connectivity index (χ3v) is 2.03. The van der Waals surface area contributed by atoms with Gasteiger partial charge in [-0.3, -0.25) is 0 Å². The van der Waals surface area contributed by atoms with Gasteiger partial charge in [-0.25, -0.2) is 0 Å². The van der Waals surface area contributed by atoms with Crippen LogP contribution < -0.4 is 11.5 Å². The van der Waals surface area contributed by atoms with Gasteiger partial charge in [0.15, 0.2) is 0 Å². The van der Waals surface area contributed by atoms with E-state index in [4.69, 9.17) is 16.7 Å². The lowest BCUT2D eigenvalue weighted by Crippen LogP contribution is -1.95. The molecule has 0 unspecified atom stereocenters. The van der Waals surface area contributed by atoms with E-state index >= 15 is 0 Å². The lowest BCUT2D eigenvalue weighted by atomic mass is 10.0. The molecule has 0 aromatic heterocycles. The molecule has 0 aliphatic heterocycles. The summed E-state index contributed by atoms with van der Waals surface area (Å²) in [6.07, 6.45) is 1.14. The Kier molecular flexibility index (Phi) is 3.14. The van der Waals surface area contributed by atoms with Crippen molar-refractivity contribution in [2.45, 2.75) is 12.8 Å². The minimum atomic E-state index is 0.475. The zero-order valence-electron chi connectivity index (χ0n) is 7.96. The Bertz CT molecular complexity index is 388. The SMILES string of the molecule is C=C(CCC#N)c1ccc(N)c(N)c1. The van der Waals surface area contributed by atoms with Gasteiger partial charge in [0.2, 0.25) is 0 Å². The number of hydrogen-bond donors (Lipinski definition) is 2. The Morgan fingerprint density at radius 3 is 2.64 bits per heavy atom. The van der Waals surface area contributed by atoms with Crippen LogP contribution >= 0.6 is 0 Å². The van der Waals surface area contributed by atoms with Gasteiger partial charge in [0, 0.05) is 6.42 Å². The van der Waals surface area contributed by atoms with E-state index in [1.807, 2.05) is 6.07 Å². The van der Waals surface area contributed by atoms with Crippen molar-refractivity contribution >= 4 is 16.9 Å². The van der Waals surface area contributed by atoms with Crippen molar-refractivity contribution in [2.75, 3.05) is 11.5 Å². The molecule has 0 bridgehead atoms. The van der Waals surface area contributed by atoms with Gasteiger partial charge in [0.1, 0.15) is 0 Å². The zero-order valence-corrected chi connectivity index (χ0v) is 7.96. The summed E-state index contributed by atoms with van der Waals surface area (Å²) in [7, 11) is 0. The lowest BCUT2D eigenvalue weighted by Gasteiger charge is -2.06. The molecule has 1 rings (SSSR count). The quantitative estimate of drug-likeness (QED) is 0.712. The van der Waals surface area contributed by atoms with Gasteiger partial charge in [-0.15, -0.1) is 0 Å². The molecule has 0 spiro atoms. The molecule has 3 heteroatoms. The van der Waals surface area contributed by atoms with Gasteiger partial charge in [0.05, 0.1) is 17.4 Å². The molecular formula is C11H13N3. The van der Waals surface area contributed by atoms with Crippen LogP contribution in [-0.4, -0.2) is 0 Å². The number of nitrogens with zero attached hydrogens (tertiary/aromatic N) is 1. The molecule has 1 aromatic rings. The van der Waals surface area contributed by atoms with Crippen LogP contribution in [0.4, 0.5) is 11.4 Å². The zero-order chi connectivity index (χ0) is 10.6. The molecule has 4 N–H and O–H groups in total. The Labute approximate surface area is 83.6 Å². The van der Waals surface area contributed by atoms with Crippen LogP contribution in [-0.2, 0) is 0 Å². The molecule has 1 aromatic carbocycles. The van der Waals surface area contributed by atoms with Crippen molar-refractivity contribution in [2.24, 2.45) is 0 Å². The number of nitrogens with two attached hydrogens (primary N) is 2. The van der Waals surface area contributed by atoms with Crippen molar-refractivity contribution in [1.29, 1.82) is 5.26 Å². The third kappa shape index (κ3) is 2.27. The van der Waals surface area contributed by atoms with E-state index in [0.717, 1.165) is 11.1 Å². The smallest absolute Gasteiger partial charge is 0.0625 e. The first-order valence-corrected chi connectivity index (χ1v) is 4.35. The first-order chi connectivity index (χ1) is 6.65. The molecule has 14 heavy (non-hydrogen) atoms. The standard InChI is InChI=1S/C11H13N3/c1-8(3-2-6-12)9-4-5-10(13)11(14)7-9/h4-5,7H,1-3,13-14H2. The Morgan fingerprint density at radius 2 is 2.07 bits per heavy atom. The highest BCUT2D eigenvalue weighted by Crippen LogP contribution is 2.23. The molecule has 0 radical (unpaired) electrons. The summed E-state index contributed by atoms with van der Waals surface area (Å²) >= 11 is 0. The van der Waals surface area contributed by atoms with Gasteiger partial charge in [0.25, 0.3) is 0 Å². The van der Waals surface area contributed by atoms with E-state index in [9.17, 15) is 0 Å². The number of rotatable bonds is 3. The van der Waals surface area contributed by atoms with Gasteiger partial charge in [-0.2, -0.15) is 5.26 Å². The fourth-order valence-corrected chi connectivity index (χ4v) is 1.15. The van der Waals surface area contributed by atoms with Crippen molar-refractivity contribution in [3.8, 4) is 6.07 Å². The molecule has 0 fully saturated rings. The minimum Gasteiger partial charge on any atom is -0.397 e. The van der Waals surface area contributed by atoms with Crippen LogP contribution in [0.15, 0.2) is 24.8 Å². The summed E-state index contributed by atoms with van der Waals surface area (Å²) < 4.78 is 0. The fourth-order valence-electron chi connectivity index (χ4n) is 1.15. The highest BCUT2D eigenvalue weighted by atomic mass is 14.7. The van der Waals surface area contributed by atoms with Crippen LogP contribution in [0.5, 0.6) is 0 Å². The number of nitriles is 1. The number of benzene rings is 1. The third-order valence-electron chi connectivity index (χ3n) is 2.03. The van der Waals surface area contributed by atoms with Crippen molar-refractivity contribution < 1.29 is 0 Å². The van der Waals surface area contributed by atoms with E-state index in [1.54, 1.807) is 12.1 Å². The van der Waals surface area contributed by atoms with E-state index in [2.05, 4.69) is 12.6 Å². The second-order valence-corrected chi connectivity index (χ2v) is 3.11. The van der Waals surface area contributed by atoms with Crippen molar-refractivity contribution in [3.05, 3.63) is 30.3 Å². The van der Waals surface area contributed by atoms with Gasteiger partial charge in [-0.1, -0.05) is 12.6 Å². The second-order valence-electron chi connectivity index (χ2n) is 3.11. The Balaban J connectivity index is 2.82. The molecule has 0 heterocycles. The monoisotopic (exact) mass is 187 g/mol. The van der Waals surface area contributed by atoms with E-state index in [1.165, 1.54) is 0 Å². The second kappa shape index (κ2) is 4.33. The minimum absolute atomic E-state index is 0.475. The largest absolute Gasteiger partial charge is 0.397 e. The summed E-state index contributed by atoms with van der Waals surface area (Å²) in [5.41, 5.74) is 14.2. The van der Waals surface area contributed by atoms with Gasteiger partial charge >= 0.3 is 0 Å².